The summed E-state index contributed by atoms with van der Waals surface area (Å²) in [6.45, 7) is 2.99. The molecule has 38 heavy (non-hydrogen) atoms. The van der Waals surface area contributed by atoms with Gasteiger partial charge in [-0.15, -0.1) is 11.8 Å². The van der Waals surface area contributed by atoms with Gasteiger partial charge in [0.2, 0.25) is 0 Å². The molecule has 1 unspecified atom stereocenters. The van der Waals surface area contributed by atoms with Crippen LogP contribution < -0.4 is 14.2 Å². The van der Waals surface area contributed by atoms with Crippen molar-refractivity contribution >= 4 is 34.3 Å². The lowest BCUT2D eigenvalue weighted by atomic mass is 9.97. The molecule has 0 fully saturated rings. The van der Waals surface area contributed by atoms with Crippen molar-refractivity contribution in [3.8, 4) is 17.2 Å². The number of hydrogen-bond donors (Lipinski definition) is 0. The zero-order valence-electron chi connectivity index (χ0n) is 22.0. The molecule has 0 bridgehead atoms. The molecule has 4 aromatic rings. The molecule has 1 aliphatic rings. The smallest absolute Gasteiger partial charge is 0.253 e. The number of amides is 1. The van der Waals surface area contributed by atoms with Crippen molar-refractivity contribution < 1.29 is 19.0 Å². The number of hydrogen-bond acceptors (Lipinski definition) is 6. The van der Waals surface area contributed by atoms with E-state index in [-0.39, 0.29) is 17.7 Å². The van der Waals surface area contributed by atoms with Crippen molar-refractivity contribution in [2.24, 2.45) is 5.10 Å². The van der Waals surface area contributed by atoms with Crippen LogP contribution in [0.15, 0.2) is 82.9 Å². The van der Waals surface area contributed by atoms with Gasteiger partial charge in [0.05, 0.1) is 38.8 Å². The van der Waals surface area contributed by atoms with E-state index < -0.39 is 0 Å². The zero-order chi connectivity index (χ0) is 26.6. The molecule has 8 heteroatoms. The largest absolute Gasteiger partial charge is 0.497 e. The lowest BCUT2D eigenvalue weighted by Crippen LogP contribution is -2.28. The maximum atomic E-state index is 13.7. The monoisotopic (exact) mass is 529 g/mol. The Labute approximate surface area is 227 Å². The first-order chi connectivity index (χ1) is 18.6. The first kappa shape index (κ1) is 25.7. The SMILES string of the molecule is CCn1cc(SCC(=O)N2N=C(c3ccc(OC)cc3)CC2c2cccc(OC)c2OC)c2ccccc21. The lowest BCUT2D eigenvalue weighted by molar-refractivity contribution is -0.130. The Kier molecular flexibility index (Phi) is 7.60. The van der Waals surface area contributed by atoms with E-state index in [4.69, 9.17) is 19.3 Å². The Balaban J connectivity index is 1.47. The minimum Gasteiger partial charge on any atom is -0.497 e. The number of benzene rings is 3. The van der Waals surface area contributed by atoms with Crippen molar-refractivity contribution in [2.45, 2.75) is 30.8 Å². The van der Waals surface area contributed by atoms with Gasteiger partial charge < -0.3 is 18.8 Å². The maximum Gasteiger partial charge on any atom is 0.253 e. The summed E-state index contributed by atoms with van der Waals surface area (Å²) in [5.74, 6) is 2.20. The highest BCUT2D eigenvalue weighted by Gasteiger charge is 2.35. The number of fused-ring (bicyclic) bond motifs is 1. The van der Waals surface area contributed by atoms with Crippen molar-refractivity contribution in [1.29, 1.82) is 0 Å². The van der Waals surface area contributed by atoms with Crippen molar-refractivity contribution in [2.75, 3.05) is 27.1 Å². The van der Waals surface area contributed by atoms with Gasteiger partial charge in [-0.2, -0.15) is 5.10 Å². The Morgan fingerprint density at radius 2 is 1.76 bits per heavy atom. The molecule has 0 radical (unpaired) electrons. The summed E-state index contributed by atoms with van der Waals surface area (Å²) in [5, 5.41) is 7.61. The number of methoxy groups -OCH3 is 3. The minimum atomic E-state index is -0.317. The summed E-state index contributed by atoms with van der Waals surface area (Å²) >= 11 is 1.54. The lowest BCUT2D eigenvalue weighted by Gasteiger charge is -2.24. The number of carbonyl (C=O) groups excluding carboxylic acids is 1. The summed E-state index contributed by atoms with van der Waals surface area (Å²) in [5.41, 5.74) is 3.82. The van der Waals surface area contributed by atoms with E-state index in [2.05, 4.69) is 29.8 Å². The van der Waals surface area contributed by atoms with Gasteiger partial charge in [0, 0.05) is 40.5 Å². The second-order valence-electron chi connectivity index (χ2n) is 8.90. The Bertz CT molecular complexity index is 1480. The number of aromatic nitrogens is 1. The fraction of sp³-hybridized carbons (Fsp3) is 0.267. The van der Waals surface area contributed by atoms with Crippen LogP contribution in [0.1, 0.15) is 30.5 Å². The predicted octanol–water partition coefficient (Wildman–Crippen LogP) is 6.16. The number of aryl methyl sites for hydroxylation is 1. The van der Waals surface area contributed by atoms with E-state index in [1.807, 2.05) is 54.6 Å². The van der Waals surface area contributed by atoms with Crippen molar-refractivity contribution in [3.05, 3.63) is 84.1 Å². The van der Waals surface area contributed by atoms with Crippen LogP contribution in [0.5, 0.6) is 17.2 Å². The minimum absolute atomic E-state index is 0.0679. The third-order valence-electron chi connectivity index (χ3n) is 6.83. The highest BCUT2D eigenvalue weighted by molar-refractivity contribution is 8.00. The normalized spacial score (nSPS) is 15.0. The van der Waals surface area contributed by atoms with Gasteiger partial charge in [0.15, 0.2) is 11.5 Å². The van der Waals surface area contributed by atoms with Crippen LogP contribution in [0, 0.1) is 0 Å². The van der Waals surface area contributed by atoms with Crippen LogP contribution in [0.3, 0.4) is 0 Å². The van der Waals surface area contributed by atoms with E-state index in [1.54, 1.807) is 38.1 Å². The van der Waals surface area contributed by atoms with Gasteiger partial charge in [-0.05, 0) is 48.9 Å². The average molecular weight is 530 g/mol. The van der Waals surface area contributed by atoms with Gasteiger partial charge in [-0.3, -0.25) is 4.79 Å². The van der Waals surface area contributed by atoms with Crippen LogP contribution in [0.4, 0.5) is 0 Å². The Morgan fingerprint density at radius 3 is 2.47 bits per heavy atom. The van der Waals surface area contributed by atoms with E-state index >= 15 is 0 Å². The molecule has 1 aliphatic heterocycles. The zero-order valence-corrected chi connectivity index (χ0v) is 22.8. The highest BCUT2D eigenvalue weighted by atomic mass is 32.2. The van der Waals surface area contributed by atoms with Crippen LogP contribution in [0.25, 0.3) is 10.9 Å². The van der Waals surface area contributed by atoms with Gasteiger partial charge >= 0.3 is 0 Å². The molecule has 0 saturated carbocycles. The van der Waals surface area contributed by atoms with Crippen LogP contribution in [-0.4, -0.2) is 48.3 Å². The van der Waals surface area contributed by atoms with Crippen molar-refractivity contribution in [1.82, 2.24) is 9.58 Å². The number of para-hydroxylation sites is 2. The molecule has 1 aromatic heterocycles. The van der Waals surface area contributed by atoms with E-state index in [0.29, 0.717) is 17.9 Å². The van der Waals surface area contributed by atoms with Crippen molar-refractivity contribution in [3.63, 3.8) is 0 Å². The van der Waals surface area contributed by atoms with E-state index in [1.165, 1.54) is 5.52 Å². The molecule has 2 heterocycles. The van der Waals surface area contributed by atoms with Crippen LogP contribution in [0.2, 0.25) is 0 Å². The fourth-order valence-electron chi connectivity index (χ4n) is 4.91. The van der Waals surface area contributed by atoms with Gasteiger partial charge in [-0.25, -0.2) is 5.01 Å². The standard InChI is InChI=1S/C30H31N3O4S/c1-5-32-18-28(22-9-6-7-11-25(22)32)38-19-29(34)33-26(23-10-8-12-27(36-3)30(23)37-4)17-24(31-33)20-13-15-21(35-2)16-14-20/h6-16,18,26H,5,17,19H2,1-4H3. The second kappa shape index (κ2) is 11.2. The van der Waals surface area contributed by atoms with Crippen LogP contribution >= 0.6 is 11.8 Å². The molecule has 5 rings (SSSR count). The summed E-state index contributed by atoms with van der Waals surface area (Å²) in [6, 6.07) is 21.5. The van der Waals surface area contributed by atoms with Gasteiger partial charge in [0.25, 0.3) is 5.91 Å². The number of nitrogens with zero attached hydrogens (tertiary/aromatic N) is 3. The molecule has 1 amide bonds. The summed E-state index contributed by atoms with van der Waals surface area (Å²) in [6.07, 6.45) is 2.68. The topological polar surface area (TPSA) is 65.3 Å². The number of carbonyl (C=O) groups is 1. The third kappa shape index (κ3) is 4.84. The average Bonchev–Trinajstić information content (AvgIpc) is 3.57. The third-order valence-corrected chi connectivity index (χ3v) is 7.85. The Morgan fingerprint density at radius 1 is 0.974 bits per heavy atom. The summed E-state index contributed by atoms with van der Waals surface area (Å²) < 4.78 is 18.8. The van der Waals surface area contributed by atoms with E-state index in [0.717, 1.165) is 39.4 Å². The number of ether oxygens (including phenoxy) is 3. The summed E-state index contributed by atoms with van der Waals surface area (Å²) in [7, 11) is 4.87. The quantitative estimate of drug-likeness (QED) is 0.243. The molecular formula is C30H31N3O4S. The molecule has 3 aromatic carbocycles. The van der Waals surface area contributed by atoms with Crippen LogP contribution in [-0.2, 0) is 11.3 Å². The molecule has 0 spiro atoms. The number of thioether (sulfide) groups is 1. The molecule has 0 saturated heterocycles. The second-order valence-corrected chi connectivity index (χ2v) is 9.92. The molecule has 1 atom stereocenters. The maximum absolute atomic E-state index is 13.7. The predicted molar refractivity (Wildman–Crippen MR) is 152 cm³/mol. The molecule has 0 aliphatic carbocycles. The summed E-state index contributed by atoms with van der Waals surface area (Å²) in [4.78, 5) is 14.8. The molecular weight excluding hydrogens is 498 g/mol. The number of hydrazone groups is 1. The van der Waals surface area contributed by atoms with Gasteiger partial charge in [-0.1, -0.05) is 30.3 Å². The molecule has 196 valence electrons. The highest BCUT2D eigenvalue weighted by Crippen LogP contribution is 2.42. The molecule has 0 N–H and O–H groups in total. The fourth-order valence-corrected chi connectivity index (χ4v) is 5.85. The first-order valence-electron chi connectivity index (χ1n) is 12.5. The van der Waals surface area contributed by atoms with Gasteiger partial charge in [0.1, 0.15) is 5.75 Å². The van der Waals surface area contributed by atoms with E-state index in [9.17, 15) is 4.79 Å². The first-order valence-corrected chi connectivity index (χ1v) is 13.5. The molecule has 7 nitrogen and oxygen atoms in total. The number of rotatable bonds is 9. The Hall–Kier alpha value is -3.91.